The standard InChI is InChI=1S/C10H9N3OS2/c1-7-12-8(6-16-7)2-3-9(14)13-10-11-4-5-15-10/h2-6H,1H3,(H,11,13,14)/b3-2+. The van der Waals surface area contributed by atoms with Crippen molar-refractivity contribution >= 4 is 39.8 Å². The lowest BCUT2D eigenvalue weighted by atomic mass is 10.4. The van der Waals surface area contributed by atoms with Gasteiger partial charge in [0.1, 0.15) is 0 Å². The summed E-state index contributed by atoms with van der Waals surface area (Å²) in [5, 5.41) is 7.96. The molecule has 0 bridgehead atoms. The molecule has 2 rings (SSSR count). The molecule has 0 aliphatic rings. The molecule has 2 aromatic rings. The van der Waals surface area contributed by atoms with Gasteiger partial charge in [-0.1, -0.05) is 0 Å². The molecule has 2 aromatic heterocycles. The van der Waals surface area contributed by atoms with Crippen molar-refractivity contribution in [3.05, 3.63) is 33.7 Å². The second kappa shape index (κ2) is 5.00. The van der Waals surface area contributed by atoms with Crippen LogP contribution in [0.25, 0.3) is 6.08 Å². The van der Waals surface area contributed by atoms with E-state index in [0.717, 1.165) is 10.7 Å². The number of amides is 1. The summed E-state index contributed by atoms with van der Waals surface area (Å²) in [7, 11) is 0. The van der Waals surface area contributed by atoms with Crippen LogP contribution in [-0.4, -0.2) is 15.9 Å². The number of hydrogen-bond donors (Lipinski definition) is 1. The van der Waals surface area contributed by atoms with Crippen LogP contribution in [0.1, 0.15) is 10.7 Å². The summed E-state index contributed by atoms with van der Waals surface area (Å²) in [5.41, 5.74) is 0.803. The van der Waals surface area contributed by atoms with Crippen molar-refractivity contribution in [1.82, 2.24) is 9.97 Å². The van der Waals surface area contributed by atoms with Gasteiger partial charge in [0.25, 0.3) is 0 Å². The Labute approximate surface area is 101 Å². The fourth-order valence-electron chi connectivity index (χ4n) is 1.05. The molecule has 0 fully saturated rings. The van der Waals surface area contributed by atoms with Crippen LogP contribution >= 0.6 is 22.7 Å². The van der Waals surface area contributed by atoms with Crippen LogP contribution in [0.4, 0.5) is 5.13 Å². The van der Waals surface area contributed by atoms with E-state index in [1.807, 2.05) is 17.7 Å². The summed E-state index contributed by atoms with van der Waals surface area (Å²) in [4.78, 5) is 19.6. The van der Waals surface area contributed by atoms with Gasteiger partial charge < -0.3 is 0 Å². The van der Waals surface area contributed by atoms with Gasteiger partial charge in [0.05, 0.1) is 10.7 Å². The first-order valence-corrected chi connectivity index (χ1v) is 6.30. The average Bonchev–Trinajstić information content (AvgIpc) is 2.87. The Balaban J connectivity index is 1.94. The van der Waals surface area contributed by atoms with Crippen LogP contribution < -0.4 is 5.32 Å². The quantitative estimate of drug-likeness (QED) is 0.853. The second-order valence-corrected chi connectivity index (χ2v) is 4.91. The van der Waals surface area contributed by atoms with Crippen molar-refractivity contribution in [2.24, 2.45) is 0 Å². The molecule has 0 aliphatic carbocycles. The van der Waals surface area contributed by atoms with Crippen LogP contribution in [0.5, 0.6) is 0 Å². The van der Waals surface area contributed by atoms with Gasteiger partial charge in [0.2, 0.25) is 5.91 Å². The molecule has 6 heteroatoms. The van der Waals surface area contributed by atoms with Crippen molar-refractivity contribution < 1.29 is 4.79 Å². The van der Waals surface area contributed by atoms with Crippen molar-refractivity contribution in [3.8, 4) is 0 Å². The number of aromatic nitrogens is 2. The van der Waals surface area contributed by atoms with Gasteiger partial charge in [-0.2, -0.15) is 0 Å². The third-order valence-corrected chi connectivity index (χ3v) is 3.18. The highest BCUT2D eigenvalue weighted by molar-refractivity contribution is 7.13. The second-order valence-electron chi connectivity index (χ2n) is 2.95. The Morgan fingerprint density at radius 3 is 3.00 bits per heavy atom. The predicted octanol–water partition coefficient (Wildman–Crippen LogP) is 2.56. The van der Waals surface area contributed by atoms with Gasteiger partial charge in [0.15, 0.2) is 5.13 Å². The van der Waals surface area contributed by atoms with Gasteiger partial charge in [0, 0.05) is 23.0 Å². The Morgan fingerprint density at radius 2 is 2.38 bits per heavy atom. The highest BCUT2D eigenvalue weighted by Crippen LogP contribution is 2.11. The van der Waals surface area contributed by atoms with Gasteiger partial charge in [-0.25, -0.2) is 9.97 Å². The van der Waals surface area contributed by atoms with E-state index in [0.29, 0.717) is 5.13 Å². The molecule has 4 nitrogen and oxygen atoms in total. The van der Waals surface area contributed by atoms with Gasteiger partial charge >= 0.3 is 0 Å². The molecule has 0 spiro atoms. The third-order valence-electron chi connectivity index (χ3n) is 1.70. The minimum absolute atomic E-state index is 0.194. The van der Waals surface area contributed by atoms with Gasteiger partial charge in [-0.3, -0.25) is 10.1 Å². The maximum atomic E-state index is 11.4. The molecule has 0 saturated heterocycles. The van der Waals surface area contributed by atoms with Crippen LogP contribution in [-0.2, 0) is 4.79 Å². The van der Waals surface area contributed by atoms with Crippen molar-refractivity contribution in [2.75, 3.05) is 5.32 Å². The first kappa shape index (κ1) is 11.0. The SMILES string of the molecule is Cc1nc(/C=C/C(=O)Nc2nccs2)cs1. The normalized spacial score (nSPS) is 10.8. The maximum absolute atomic E-state index is 11.4. The van der Waals surface area contributed by atoms with Crippen molar-refractivity contribution in [3.63, 3.8) is 0 Å². The summed E-state index contributed by atoms with van der Waals surface area (Å²) < 4.78 is 0. The number of hydrogen-bond acceptors (Lipinski definition) is 5. The number of carbonyl (C=O) groups excluding carboxylic acids is 1. The molecule has 0 atom stereocenters. The highest BCUT2D eigenvalue weighted by Gasteiger charge is 1.99. The monoisotopic (exact) mass is 251 g/mol. The molecule has 1 N–H and O–H groups in total. The number of thiazole rings is 2. The lowest BCUT2D eigenvalue weighted by Crippen LogP contribution is -2.07. The predicted molar refractivity (Wildman–Crippen MR) is 66.6 cm³/mol. The van der Waals surface area contributed by atoms with E-state index >= 15 is 0 Å². The fraction of sp³-hybridized carbons (Fsp3) is 0.100. The average molecular weight is 251 g/mol. The van der Waals surface area contributed by atoms with E-state index < -0.39 is 0 Å². The molecule has 0 aromatic carbocycles. The number of aryl methyl sites for hydroxylation is 1. The highest BCUT2D eigenvalue weighted by atomic mass is 32.1. The third kappa shape index (κ3) is 2.98. The van der Waals surface area contributed by atoms with Crippen LogP contribution in [0.2, 0.25) is 0 Å². The molecular weight excluding hydrogens is 242 g/mol. The molecular formula is C10H9N3OS2. The lowest BCUT2D eigenvalue weighted by molar-refractivity contribution is -0.111. The Morgan fingerprint density at radius 1 is 1.50 bits per heavy atom. The summed E-state index contributed by atoms with van der Waals surface area (Å²) in [6.07, 6.45) is 4.79. The van der Waals surface area contributed by atoms with Crippen LogP contribution in [0.3, 0.4) is 0 Å². The lowest BCUT2D eigenvalue weighted by Gasteiger charge is -1.93. The molecule has 2 heterocycles. The number of carbonyl (C=O) groups is 1. The zero-order valence-electron chi connectivity index (χ0n) is 8.51. The van der Waals surface area contributed by atoms with Crippen LogP contribution in [0.15, 0.2) is 23.0 Å². The summed E-state index contributed by atoms with van der Waals surface area (Å²) in [5.74, 6) is -0.194. The van der Waals surface area contributed by atoms with Gasteiger partial charge in [-0.15, -0.1) is 22.7 Å². The number of anilines is 1. The Hall–Kier alpha value is -1.53. The smallest absolute Gasteiger partial charge is 0.250 e. The summed E-state index contributed by atoms with van der Waals surface area (Å²) in [6.45, 7) is 1.93. The molecule has 16 heavy (non-hydrogen) atoms. The van der Waals surface area contributed by atoms with E-state index in [2.05, 4.69) is 15.3 Å². The van der Waals surface area contributed by atoms with E-state index in [1.165, 1.54) is 17.4 Å². The molecule has 0 saturated carbocycles. The molecule has 82 valence electrons. The first-order chi connectivity index (χ1) is 7.74. The van der Waals surface area contributed by atoms with Crippen molar-refractivity contribution in [1.29, 1.82) is 0 Å². The van der Waals surface area contributed by atoms with Crippen molar-refractivity contribution in [2.45, 2.75) is 6.92 Å². The topological polar surface area (TPSA) is 54.9 Å². The number of nitrogens with zero attached hydrogens (tertiary/aromatic N) is 2. The van der Waals surface area contributed by atoms with Crippen LogP contribution in [0, 0.1) is 6.92 Å². The Bertz CT molecular complexity index is 502. The zero-order valence-corrected chi connectivity index (χ0v) is 10.1. The largest absolute Gasteiger partial charge is 0.298 e. The molecule has 0 radical (unpaired) electrons. The van der Waals surface area contributed by atoms with E-state index in [1.54, 1.807) is 23.6 Å². The van der Waals surface area contributed by atoms with E-state index in [4.69, 9.17) is 0 Å². The summed E-state index contributed by atoms with van der Waals surface area (Å²) >= 11 is 2.94. The Kier molecular flexibility index (Phi) is 3.43. The van der Waals surface area contributed by atoms with E-state index in [-0.39, 0.29) is 5.91 Å². The number of nitrogens with one attached hydrogen (secondary N) is 1. The molecule has 1 amide bonds. The summed E-state index contributed by atoms with van der Waals surface area (Å²) in [6, 6.07) is 0. The minimum atomic E-state index is -0.194. The maximum Gasteiger partial charge on any atom is 0.250 e. The number of rotatable bonds is 3. The fourth-order valence-corrected chi connectivity index (χ4v) is 2.16. The van der Waals surface area contributed by atoms with Gasteiger partial charge in [-0.05, 0) is 13.0 Å². The zero-order chi connectivity index (χ0) is 11.4. The first-order valence-electron chi connectivity index (χ1n) is 4.55. The molecule has 0 aliphatic heterocycles. The molecule has 0 unspecified atom stereocenters. The minimum Gasteiger partial charge on any atom is -0.298 e. The van der Waals surface area contributed by atoms with E-state index in [9.17, 15) is 4.79 Å².